The van der Waals surface area contributed by atoms with E-state index in [-0.39, 0.29) is 29.7 Å². The number of pyridine rings is 10. The maximum Gasteiger partial charge on any atom is 0.227 e. The molecule has 1 saturated carbocycles. The zero-order valence-electron chi connectivity index (χ0n) is 118. The molecule has 15 nitrogen and oxygen atoms in total. The molecule has 15 heterocycles. The van der Waals surface area contributed by atoms with E-state index < -0.39 is 114 Å². The van der Waals surface area contributed by atoms with E-state index in [9.17, 15) is 0 Å². The molecule has 0 bridgehead atoms. The van der Waals surface area contributed by atoms with E-state index in [4.69, 9.17) is 73.7 Å². The van der Waals surface area contributed by atoms with Crippen LogP contribution in [0.1, 0.15) is 336 Å². The Morgan fingerprint density at radius 2 is 0.652 bits per heavy atom. The molecule has 0 radical (unpaired) electrons. The molecule has 7 unspecified atom stereocenters. The zero-order chi connectivity index (χ0) is 130. The van der Waals surface area contributed by atoms with Gasteiger partial charge in [0.05, 0.1) is 27.8 Å². The van der Waals surface area contributed by atoms with Crippen LogP contribution >= 0.6 is 0 Å². The fourth-order valence-corrected chi connectivity index (χ4v) is 18.5. The van der Waals surface area contributed by atoms with Gasteiger partial charge in [-0.25, -0.2) is 47.8 Å². The predicted molar refractivity (Wildman–Crippen MR) is 580 cm³/mol. The van der Waals surface area contributed by atoms with Crippen LogP contribution in [0.4, 0.5) is 0 Å². The molecule has 0 spiro atoms. The van der Waals surface area contributed by atoms with Crippen molar-refractivity contribution in [3.63, 3.8) is 0 Å². The quantitative estimate of drug-likeness (QED) is 0.0908. The molecule has 7 atom stereocenters. The molecule has 20 aromatic rings. The Kier molecular flexibility index (Phi) is 18.4. The first-order valence-electron chi connectivity index (χ1n) is 64.4. The van der Waals surface area contributed by atoms with Gasteiger partial charge in [-0.2, -0.15) is 0 Å². The fraction of sp³-hybridized carbons (Fsp3) is 0.365. The molecule has 1 aliphatic rings. The molecule has 0 amide bonds. The van der Waals surface area contributed by atoms with E-state index in [0.29, 0.717) is 143 Å². The molecule has 0 aliphatic heterocycles. The van der Waals surface area contributed by atoms with Gasteiger partial charge in [0, 0.05) is 201 Å². The summed E-state index contributed by atoms with van der Waals surface area (Å²) in [6, 6.07) is 55.1. The molecule has 724 valence electrons. The van der Waals surface area contributed by atoms with Crippen molar-refractivity contribution in [2.45, 2.75) is 258 Å². The molecular formula is C126H145N10O5+5. The standard InChI is InChI=1S/C26H29N2O.C26H31N2O.2C25H29N2O.C24H27N2O/c1-16(2)19-13-14-28(4)23(15-19)24-17(3)9-10-20-21-11-12-22(18-7-5-6-8-18)27-26(21)29-25(20)24;1-16(2)18-12-13-28(7)22(14-18)23-17(3)8-10-20-21-11-9-19(15-26(4,5)6)27-25(21)29-24(20)23;1-15(2)17-12-13-27(7)20(14-17)22-16(3)8-9-18-19-10-11-21(25(4,5)6)26-24(19)28-23(18)22;1-15(2)13-19-8-10-21-20-9-7-17(5)23(24(20)28-25(21)26-19)22-14-18(16(3)4)11-12-27(22)6;1-14(2)17-11-12-26(6)21(13-17)22-16(5)7-8-18-19-9-10-20(15(3)4)25-24(19)27-23(18)22/h9-16,18H,5-8H2,1-4H3;8-14,16H,15H2,1-7H3;8-15H,1-7H3;7-12,14-16H,13H2,1-6H3;7-15H,1-6H3/q5*+1/i1D3,7D2,16D,18D;1D3,4D3,5D3,16D;1D3,15D;1D3,3D3,15D,16D;1D3,14D,15D. The van der Waals surface area contributed by atoms with Gasteiger partial charge in [-0.05, 0) is 223 Å². The number of hydrogen-bond acceptors (Lipinski definition) is 10. The van der Waals surface area contributed by atoms with Crippen LogP contribution in [0.25, 0.3) is 167 Å². The van der Waals surface area contributed by atoms with E-state index in [1.807, 2.05) is 184 Å². The second-order valence-corrected chi connectivity index (χ2v) is 39.0. The second-order valence-electron chi connectivity index (χ2n) is 39.0. The minimum atomic E-state index is -2.74. The Morgan fingerprint density at radius 1 is 0.348 bits per heavy atom. The first-order chi connectivity index (χ1) is 80.2. The van der Waals surface area contributed by atoms with Crippen LogP contribution in [0.5, 0.6) is 0 Å². The highest BCUT2D eigenvalue weighted by Gasteiger charge is 2.32. The number of aromatic nitrogens is 10. The van der Waals surface area contributed by atoms with Gasteiger partial charge >= 0.3 is 0 Å². The molecule has 1 fully saturated rings. The molecule has 0 saturated heterocycles. The topological polar surface area (TPSA) is 150 Å². The summed E-state index contributed by atoms with van der Waals surface area (Å²) in [6.45, 7) is 8.90. The summed E-state index contributed by atoms with van der Waals surface area (Å²) in [5.41, 5.74) is 19.6. The lowest BCUT2D eigenvalue weighted by molar-refractivity contribution is -0.660. The Morgan fingerprint density at radius 3 is 0.972 bits per heavy atom. The summed E-state index contributed by atoms with van der Waals surface area (Å²) in [5, 5.41) is 8.24. The first-order valence-corrected chi connectivity index (χ1v) is 47.4. The van der Waals surface area contributed by atoms with Crippen molar-refractivity contribution < 1.29 is 91.5 Å². The monoisotopic (exact) mass is 1910 g/mol. The largest absolute Gasteiger partial charge is 0.437 e. The minimum absolute atomic E-state index is 0.0589. The minimum Gasteiger partial charge on any atom is -0.437 e. The highest BCUT2D eigenvalue weighted by Crippen LogP contribution is 2.46. The third kappa shape index (κ3) is 20.2. The van der Waals surface area contributed by atoms with E-state index in [0.717, 1.165) is 116 Å². The average Bonchev–Trinajstić information content (AvgIpc) is 1.58. The average molecular weight is 1910 g/mol. The number of fused-ring (bicyclic) bond motifs is 15. The number of aryl methyl sites for hydroxylation is 10. The van der Waals surface area contributed by atoms with Crippen molar-refractivity contribution in [1.82, 2.24) is 24.9 Å². The highest BCUT2D eigenvalue weighted by molar-refractivity contribution is 6.13. The molecule has 21 rings (SSSR count). The van der Waals surface area contributed by atoms with Crippen LogP contribution < -0.4 is 22.8 Å². The summed E-state index contributed by atoms with van der Waals surface area (Å²) in [5.74, 6) is -12.9. The van der Waals surface area contributed by atoms with Crippen LogP contribution in [-0.2, 0) is 53.5 Å². The maximum absolute atomic E-state index is 8.86. The summed E-state index contributed by atoms with van der Waals surface area (Å²) >= 11 is 0. The van der Waals surface area contributed by atoms with Gasteiger partial charge < -0.3 is 22.1 Å². The normalized spacial score (nSPS) is 20.9. The van der Waals surface area contributed by atoms with Crippen molar-refractivity contribution in [3.05, 3.63) is 297 Å². The molecule has 5 aromatic carbocycles. The second kappa shape index (κ2) is 39.9. The smallest absolute Gasteiger partial charge is 0.227 e. The van der Waals surface area contributed by atoms with Crippen molar-refractivity contribution >= 4 is 110 Å². The molecule has 15 aromatic heterocycles. The Bertz CT molecular complexity index is 9560. The molecule has 1 aliphatic carbocycles. The van der Waals surface area contributed by atoms with Gasteiger partial charge in [0.2, 0.25) is 57.0 Å². The van der Waals surface area contributed by atoms with Gasteiger partial charge in [-0.3, -0.25) is 0 Å². The molecule has 0 N–H and O–H groups in total. The van der Waals surface area contributed by atoms with Crippen LogP contribution in [0.15, 0.2) is 235 Å². The van der Waals surface area contributed by atoms with E-state index in [1.165, 1.54) is 48.5 Å². The molecule has 141 heavy (non-hydrogen) atoms. The summed E-state index contributed by atoms with van der Waals surface area (Å²) in [6.07, 6.45) is 8.15. The van der Waals surface area contributed by atoms with Crippen LogP contribution in [0.2, 0.25) is 0 Å². The van der Waals surface area contributed by atoms with Crippen molar-refractivity contribution in [2.24, 2.45) is 46.5 Å². The summed E-state index contributed by atoms with van der Waals surface area (Å²) in [4.78, 5) is 23.1. The zero-order valence-corrected chi connectivity index (χ0v) is 84.3. The van der Waals surface area contributed by atoms with E-state index in [1.54, 1.807) is 130 Å². The number of rotatable bonds is 15. The number of hydrogen-bond donors (Lipinski definition) is 0. The summed E-state index contributed by atoms with van der Waals surface area (Å²) in [7, 11) is 9.32. The lowest BCUT2D eigenvalue weighted by Gasteiger charge is -2.16. The molecule has 15 heteroatoms. The third-order valence-corrected chi connectivity index (χ3v) is 26.4. The van der Waals surface area contributed by atoms with Crippen molar-refractivity contribution in [3.8, 4) is 56.3 Å². The van der Waals surface area contributed by atoms with Gasteiger partial charge in [-0.1, -0.05) is 211 Å². The number of furan rings is 5. The number of nitrogens with zero attached hydrogens (tertiary/aromatic N) is 10. The first kappa shape index (κ1) is 64.8. The SMILES string of the molecule is [2H]C(C)(C)c1ccc2c(n1)oc1c(-c3cc(C([2H])(C)C([2H])([2H])[2H])cc[n+]3C)c(C)ccc12.[2H]C([2H])([2H])C([2H])(C)Cc1ccc2c(n1)oc1c(-c3cc(C([2H])(C)C([2H])([2H])[2H])cc[n+]3C)c(C)ccc12.[2H]C([2H])([2H])C([2H])(C)c1cc[n+](C)c(-c2c(C)ccc3c2oc2nc(C(C)(C)C)ccc23)c1.[2H]C([2H])([2H])C([2H])(C)c1cc[n+](C)c(-c2c(C)ccc3c2oc2nc(C4([2H])CCCC4([2H])[2H])ccc23)c1.[2H]C([2H])([2H])C([2H])(C)c1cc[n+](C)c(-c2c(C)ccc3c2oc2nc(CC(C)(C([2H])([2H])[2H])C([2H])([2H])[2H])ccc23)c1. The summed E-state index contributed by atoms with van der Waals surface area (Å²) < 4.78 is 313. The number of benzene rings is 5. The van der Waals surface area contributed by atoms with Crippen LogP contribution in [-0.4, -0.2) is 24.9 Å². The highest BCUT2D eigenvalue weighted by atomic mass is 16.4. The molecular weight excluding hydrogens is 1730 g/mol. The Labute approximate surface area is 881 Å². The van der Waals surface area contributed by atoms with Gasteiger partial charge in [0.1, 0.15) is 35.2 Å². The van der Waals surface area contributed by atoms with Crippen molar-refractivity contribution in [1.29, 1.82) is 0 Å². The van der Waals surface area contributed by atoms with E-state index in [2.05, 4.69) is 46.8 Å². The van der Waals surface area contributed by atoms with Gasteiger partial charge in [-0.15, -0.1) is 0 Å². The predicted octanol–water partition coefficient (Wildman–Crippen LogP) is 31.4. The van der Waals surface area contributed by atoms with Gasteiger partial charge in [0.25, 0.3) is 0 Å². The third-order valence-electron chi connectivity index (χ3n) is 26.4. The van der Waals surface area contributed by atoms with Crippen molar-refractivity contribution in [2.75, 3.05) is 0 Å². The van der Waals surface area contributed by atoms with Crippen LogP contribution in [0.3, 0.4) is 0 Å². The van der Waals surface area contributed by atoms with E-state index >= 15 is 0 Å². The Balaban J connectivity index is 0.000000145. The maximum atomic E-state index is 8.86. The lowest BCUT2D eigenvalue weighted by Crippen LogP contribution is -2.31. The van der Waals surface area contributed by atoms with Gasteiger partial charge in [0.15, 0.2) is 58.9 Å². The lowest BCUT2D eigenvalue weighted by atomic mass is 9.90. The van der Waals surface area contributed by atoms with Crippen LogP contribution in [0, 0.1) is 45.9 Å². The Hall–Kier alpha value is -13.4. The fourth-order valence-electron chi connectivity index (χ4n) is 18.5.